The highest BCUT2D eigenvalue weighted by Gasteiger charge is 2.15. The van der Waals surface area contributed by atoms with E-state index in [1.54, 1.807) is 19.1 Å². The van der Waals surface area contributed by atoms with Gasteiger partial charge in [0.15, 0.2) is 0 Å². The van der Waals surface area contributed by atoms with Crippen molar-refractivity contribution < 1.29 is 9.59 Å². The fraction of sp³-hybridized carbons (Fsp3) is 0.273. The number of hydrogen-bond donors (Lipinski definition) is 3. The number of rotatable bonds is 4. The zero-order chi connectivity index (χ0) is 13.8. The van der Waals surface area contributed by atoms with E-state index in [0.29, 0.717) is 15.7 Å². The van der Waals surface area contributed by atoms with Crippen LogP contribution in [-0.2, 0) is 4.79 Å². The molecule has 0 spiro atoms. The minimum absolute atomic E-state index is 0.163. The second-order valence-electron chi connectivity index (χ2n) is 3.91. The van der Waals surface area contributed by atoms with E-state index in [1.807, 2.05) is 0 Å². The SMILES string of the molecule is CC(=O)Nc1ccc(C(=O)NC(C)c2ncn[nH]2)s1. The largest absolute Gasteiger partial charge is 0.342 e. The van der Waals surface area contributed by atoms with E-state index in [0.717, 1.165) is 0 Å². The molecule has 0 saturated heterocycles. The molecule has 2 aromatic rings. The fourth-order valence-corrected chi connectivity index (χ4v) is 2.32. The molecule has 7 nitrogen and oxygen atoms in total. The van der Waals surface area contributed by atoms with E-state index in [4.69, 9.17) is 0 Å². The Kier molecular flexibility index (Phi) is 3.91. The maximum absolute atomic E-state index is 12.0. The molecule has 0 aliphatic heterocycles. The number of anilines is 1. The summed E-state index contributed by atoms with van der Waals surface area (Å²) in [6.45, 7) is 3.23. The van der Waals surface area contributed by atoms with E-state index in [2.05, 4.69) is 25.8 Å². The molecule has 3 N–H and O–H groups in total. The minimum atomic E-state index is -0.263. The Morgan fingerprint density at radius 3 is 2.84 bits per heavy atom. The number of amides is 2. The molecule has 2 amide bonds. The van der Waals surface area contributed by atoms with Crippen LogP contribution in [-0.4, -0.2) is 27.0 Å². The van der Waals surface area contributed by atoms with Gasteiger partial charge in [0.1, 0.15) is 12.2 Å². The molecule has 100 valence electrons. The van der Waals surface area contributed by atoms with Crippen molar-refractivity contribution in [2.45, 2.75) is 19.9 Å². The van der Waals surface area contributed by atoms with Crippen LogP contribution in [0.2, 0.25) is 0 Å². The Morgan fingerprint density at radius 2 is 2.21 bits per heavy atom. The third-order valence-corrected chi connectivity index (χ3v) is 3.32. The molecular formula is C11H13N5O2S. The second-order valence-corrected chi connectivity index (χ2v) is 4.99. The van der Waals surface area contributed by atoms with E-state index >= 15 is 0 Å². The van der Waals surface area contributed by atoms with Gasteiger partial charge in [-0.05, 0) is 19.1 Å². The average molecular weight is 279 g/mol. The first-order valence-electron chi connectivity index (χ1n) is 5.60. The van der Waals surface area contributed by atoms with Crippen LogP contribution in [0, 0.1) is 0 Å². The molecule has 0 radical (unpaired) electrons. The fourth-order valence-electron chi connectivity index (χ4n) is 1.46. The monoisotopic (exact) mass is 279 g/mol. The van der Waals surface area contributed by atoms with Crippen molar-refractivity contribution in [2.75, 3.05) is 5.32 Å². The van der Waals surface area contributed by atoms with Crippen LogP contribution < -0.4 is 10.6 Å². The summed E-state index contributed by atoms with van der Waals surface area (Å²) in [7, 11) is 0. The third kappa shape index (κ3) is 3.38. The van der Waals surface area contributed by atoms with Crippen molar-refractivity contribution in [3.05, 3.63) is 29.2 Å². The first kappa shape index (κ1) is 13.2. The Labute approximate surface area is 113 Å². The van der Waals surface area contributed by atoms with Gasteiger partial charge in [-0.2, -0.15) is 5.10 Å². The van der Waals surface area contributed by atoms with Crippen molar-refractivity contribution in [3.8, 4) is 0 Å². The van der Waals surface area contributed by atoms with Crippen LogP contribution in [0.15, 0.2) is 18.5 Å². The first-order chi connectivity index (χ1) is 9.06. The summed E-state index contributed by atoms with van der Waals surface area (Å²) in [4.78, 5) is 27.4. The Balaban J connectivity index is 2.00. The quantitative estimate of drug-likeness (QED) is 0.785. The predicted molar refractivity (Wildman–Crippen MR) is 70.9 cm³/mol. The third-order valence-electron chi connectivity index (χ3n) is 2.32. The molecule has 0 bridgehead atoms. The summed E-state index contributed by atoms with van der Waals surface area (Å²) in [5.74, 6) is 0.210. The number of hydrogen-bond acceptors (Lipinski definition) is 5. The summed E-state index contributed by atoms with van der Waals surface area (Å²) in [6.07, 6.45) is 1.39. The van der Waals surface area contributed by atoms with Crippen LogP contribution in [0.5, 0.6) is 0 Å². The second kappa shape index (κ2) is 5.61. The topological polar surface area (TPSA) is 99.8 Å². The molecule has 1 unspecified atom stereocenters. The van der Waals surface area contributed by atoms with Crippen molar-refractivity contribution >= 4 is 28.2 Å². The highest BCUT2D eigenvalue weighted by molar-refractivity contribution is 7.18. The number of carbonyl (C=O) groups is 2. The number of nitrogens with zero attached hydrogens (tertiary/aromatic N) is 2. The van der Waals surface area contributed by atoms with Gasteiger partial charge >= 0.3 is 0 Å². The van der Waals surface area contributed by atoms with E-state index in [1.165, 1.54) is 24.6 Å². The lowest BCUT2D eigenvalue weighted by Crippen LogP contribution is -2.26. The van der Waals surface area contributed by atoms with Gasteiger partial charge in [-0.15, -0.1) is 11.3 Å². The van der Waals surface area contributed by atoms with Crippen molar-refractivity contribution in [1.29, 1.82) is 0 Å². The summed E-state index contributed by atoms with van der Waals surface area (Å²) in [5, 5.41) is 12.5. The van der Waals surface area contributed by atoms with Gasteiger partial charge in [-0.3, -0.25) is 14.7 Å². The molecule has 19 heavy (non-hydrogen) atoms. The molecule has 0 aliphatic carbocycles. The molecular weight excluding hydrogens is 266 g/mol. The Hall–Kier alpha value is -2.22. The van der Waals surface area contributed by atoms with E-state index in [-0.39, 0.29) is 17.9 Å². The Morgan fingerprint density at radius 1 is 1.42 bits per heavy atom. The summed E-state index contributed by atoms with van der Waals surface area (Å²) in [5.41, 5.74) is 0. The number of carbonyl (C=O) groups excluding carboxylic acids is 2. The summed E-state index contributed by atoms with van der Waals surface area (Å²) >= 11 is 1.22. The van der Waals surface area contributed by atoms with Crippen LogP contribution in [0.1, 0.15) is 35.4 Å². The number of nitrogens with one attached hydrogen (secondary N) is 3. The zero-order valence-corrected chi connectivity index (χ0v) is 11.2. The molecule has 8 heteroatoms. The average Bonchev–Trinajstić information content (AvgIpc) is 2.97. The van der Waals surface area contributed by atoms with Crippen molar-refractivity contribution in [1.82, 2.24) is 20.5 Å². The standard InChI is InChI=1S/C11H13N5O2S/c1-6(10-12-5-13-16-10)14-11(18)8-3-4-9(19-8)15-7(2)17/h3-6H,1-2H3,(H,14,18)(H,15,17)(H,12,13,16). The Bertz CT molecular complexity index is 578. The van der Waals surface area contributed by atoms with E-state index in [9.17, 15) is 9.59 Å². The van der Waals surface area contributed by atoms with Crippen molar-refractivity contribution in [2.24, 2.45) is 0 Å². The smallest absolute Gasteiger partial charge is 0.262 e. The highest BCUT2D eigenvalue weighted by atomic mass is 32.1. The summed E-state index contributed by atoms with van der Waals surface area (Å²) < 4.78 is 0. The summed E-state index contributed by atoms with van der Waals surface area (Å²) in [6, 6.07) is 3.10. The molecule has 0 saturated carbocycles. The molecule has 0 aromatic carbocycles. The van der Waals surface area contributed by atoms with Crippen molar-refractivity contribution in [3.63, 3.8) is 0 Å². The van der Waals surface area contributed by atoms with Crippen LogP contribution in [0.3, 0.4) is 0 Å². The molecule has 2 heterocycles. The lowest BCUT2D eigenvalue weighted by atomic mass is 10.3. The van der Waals surface area contributed by atoms with Gasteiger partial charge in [0, 0.05) is 6.92 Å². The lowest BCUT2D eigenvalue weighted by molar-refractivity contribution is -0.114. The van der Waals surface area contributed by atoms with Crippen LogP contribution in [0.4, 0.5) is 5.00 Å². The number of H-pyrrole nitrogens is 1. The molecule has 2 aromatic heterocycles. The first-order valence-corrected chi connectivity index (χ1v) is 6.41. The number of aromatic amines is 1. The van der Waals surface area contributed by atoms with Gasteiger partial charge in [-0.1, -0.05) is 0 Å². The van der Waals surface area contributed by atoms with Gasteiger partial charge in [0.2, 0.25) is 5.91 Å². The highest BCUT2D eigenvalue weighted by Crippen LogP contribution is 2.22. The minimum Gasteiger partial charge on any atom is -0.342 e. The normalized spacial score (nSPS) is 11.9. The molecule has 1 atom stereocenters. The maximum atomic E-state index is 12.0. The lowest BCUT2D eigenvalue weighted by Gasteiger charge is -2.09. The number of aromatic nitrogens is 3. The van der Waals surface area contributed by atoms with E-state index < -0.39 is 0 Å². The van der Waals surface area contributed by atoms with Gasteiger partial charge in [0.25, 0.3) is 5.91 Å². The zero-order valence-electron chi connectivity index (χ0n) is 10.4. The number of thiophene rings is 1. The van der Waals surface area contributed by atoms with Crippen LogP contribution in [0.25, 0.3) is 0 Å². The molecule has 0 aliphatic rings. The molecule has 2 rings (SSSR count). The van der Waals surface area contributed by atoms with Gasteiger partial charge in [-0.25, -0.2) is 4.98 Å². The predicted octanol–water partition coefficient (Wildman–Crippen LogP) is 1.32. The maximum Gasteiger partial charge on any atom is 0.262 e. The van der Waals surface area contributed by atoms with Gasteiger partial charge < -0.3 is 10.6 Å². The van der Waals surface area contributed by atoms with Crippen LogP contribution >= 0.6 is 11.3 Å². The van der Waals surface area contributed by atoms with Gasteiger partial charge in [0.05, 0.1) is 15.9 Å². The molecule has 0 fully saturated rings.